The zero-order valence-corrected chi connectivity index (χ0v) is 15.2. The molecule has 0 saturated carbocycles. The number of carbonyl (C=O) groups is 1. The van der Waals surface area contributed by atoms with E-state index in [0.29, 0.717) is 19.6 Å². The molecule has 1 saturated heterocycles. The maximum Gasteiger partial charge on any atom is 0.252 e. The Labute approximate surface area is 159 Å². The van der Waals surface area contributed by atoms with Crippen molar-refractivity contribution >= 4 is 5.91 Å². The van der Waals surface area contributed by atoms with Gasteiger partial charge in [-0.25, -0.2) is 0 Å². The van der Waals surface area contributed by atoms with Gasteiger partial charge in [-0.2, -0.15) is 5.10 Å². The van der Waals surface area contributed by atoms with Crippen LogP contribution in [-0.2, 0) is 4.79 Å². The SMILES string of the molecule is NC[C@@H]1CN(C(=O)C(c2ccccc2)n2cccn2)C[C@H]1c1ccccc1. The number of nitrogens with zero attached hydrogens (tertiary/aromatic N) is 3. The van der Waals surface area contributed by atoms with Gasteiger partial charge in [0.15, 0.2) is 6.04 Å². The Morgan fingerprint density at radius 2 is 1.74 bits per heavy atom. The second-order valence-electron chi connectivity index (χ2n) is 7.06. The summed E-state index contributed by atoms with van der Waals surface area (Å²) in [6.07, 6.45) is 3.56. The fraction of sp³-hybridized carbons (Fsp3) is 0.273. The minimum Gasteiger partial charge on any atom is -0.340 e. The van der Waals surface area contributed by atoms with Crippen molar-refractivity contribution in [2.24, 2.45) is 11.7 Å². The van der Waals surface area contributed by atoms with Gasteiger partial charge >= 0.3 is 0 Å². The zero-order valence-electron chi connectivity index (χ0n) is 15.2. The molecule has 2 aromatic carbocycles. The molecule has 2 heterocycles. The molecule has 3 aromatic rings. The lowest BCUT2D eigenvalue weighted by molar-refractivity contribution is -0.132. The molecule has 138 valence electrons. The first-order chi connectivity index (χ1) is 13.3. The smallest absolute Gasteiger partial charge is 0.252 e. The standard InChI is InChI=1S/C22H24N4O/c23-14-19-15-25(16-20(19)17-8-3-1-4-9-17)22(27)21(26-13-7-12-24-26)18-10-5-2-6-11-18/h1-13,19-21H,14-16,23H2/t19-,20+,21?/m1/s1. The summed E-state index contributed by atoms with van der Waals surface area (Å²) in [7, 11) is 0. The van der Waals surface area contributed by atoms with E-state index in [-0.39, 0.29) is 17.7 Å². The lowest BCUT2D eigenvalue weighted by Gasteiger charge is -2.24. The van der Waals surface area contributed by atoms with E-state index >= 15 is 0 Å². The molecule has 1 aliphatic rings. The lowest BCUT2D eigenvalue weighted by Crippen LogP contribution is -2.37. The van der Waals surface area contributed by atoms with E-state index in [1.165, 1.54) is 5.56 Å². The summed E-state index contributed by atoms with van der Waals surface area (Å²) in [6, 6.07) is 21.6. The largest absolute Gasteiger partial charge is 0.340 e. The summed E-state index contributed by atoms with van der Waals surface area (Å²) in [5.74, 6) is 0.612. The highest BCUT2D eigenvalue weighted by Gasteiger charge is 2.38. The first-order valence-electron chi connectivity index (χ1n) is 9.36. The molecule has 1 aromatic heterocycles. The van der Waals surface area contributed by atoms with Gasteiger partial charge in [-0.1, -0.05) is 60.7 Å². The number of amides is 1. The first-order valence-corrected chi connectivity index (χ1v) is 9.36. The molecule has 27 heavy (non-hydrogen) atoms. The molecular formula is C22H24N4O. The van der Waals surface area contributed by atoms with Gasteiger partial charge in [0, 0.05) is 31.4 Å². The van der Waals surface area contributed by atoms with E-state index in [4.69, 9.17) is 5.73 Å². The van der Waals surface area contributed by atoms with Crippen LogP contribution in [0.2, 0.25) is 0 Å². The van der Waals surface area contributed by atoms with Crippen LogP contribution in [0, 0.1) is 5.92 Å². The summed E-state index contributed by atoms with van der Waals surface area (Å²) in [5.41, 5.74) is 8.24. The second-order valence-corrected chi connectivity index (χ2v) is 7.06. The number of benzene rings is 2. The predicted octanol–water partition coefficient (Wildman–Crippen LogP) is 2.67. The lowest BCUT2D eigenvalue weighted by atomic mass is 9.89. The van der Waals surface area contributed by atoms with Gasteiger partial charge in [0.05, 0.1) is 0 Å². The van der Waals surface area contributed by atoms with Crippen molar-refractivity contribution in [2.75, 3.05) is 19.6 Å². The molecule has 5 nitrogen and oxygen atoms in total. The molecule has 0 aliphatic carbocycles. The van der Waals surface area contributed by atoms with E-state index < -0.39 is 6.04 Å². The van der Waals surface area contributed by atoms with Crippen LogP contribution in [0.4, 0.5) is 0 Å². The van der Waals surface area contributed by atoms with Crippen LogP contribution in [0.1, 0.15) is 23.1 Å². The van der Waals surface area contributed by atoms with Crippen molar-refractivity contribution in [3.63, 3.8) is 0 Å². The number of hydrogen-bond donors (Lipinski definition) is 1. The maximum atomic E-state index is 13.5. The van der Waals surface area contributed by atoms with Gasteiger partial charge in [-0.15, -0.1) is 0 Å². The summed E-state index contributed by atoms with van der Waals surface area (Å²) < 4.78 is 1.74. The molecule has 1 fully saturated rings. The number of likely N-dealkylation sites (tertiary alicyclic amines) is 1. The van der Waals surface area contributed by atoms with E-state index in [0.717, 1.165) is 5.56 Å². The van der Waals surface area contributed by atoms with Gasteiger partial charge in [-0.05, 0) is 29.7 Å². The predicted molar refractivity (Wildman–Crippen MR) is 105 cm³/mol. The minimum atomic E-state index is -0.450. The third-order valence-corrected chi connectivity index (χ3v) is 5.42. The molecule has 5 heteroatoms. The second kappa shape index (κ2) is 7.76. The van der Waals surface area contributed by atoms with Crippen LogP contribution in [0.3, 0.4) is 0 Å². The first kappa shape index (κ1) is 17.5. The molecule has 4 rings (SSSR count). The third-order valence-electron chi connectivity index (χ3n) is 5.42. The van der Waals surface area contributed by atoms with Crippen molar-refractivity contribution in [1.29, 1.82) is 0 Å². The summed E-state index contributed by atoms with van der Waals surface area (Å²) in [6.45, 7) is 1.94. The molecule has 0 radical (unpaired) electrons. The Hall–Kier alpha value is -2.92. The van der Waals surface area contributed by atoms with E-state index in [2.05, 4.69) is 17.2 Å². The highest BCUT2D eigenvalue weighted by Crippen LogP contribution is 2.34. The zero-order chi connectivity index (χ0) is 18.6. The van der Waals surface area contributed by atoms with Crippen LogP contribution < -0.4 is 5.73 Å². The topological polar surface area (TPSA) is 64.2 Å². The fourth-order valence-electron chi connectivity index (χ4n) is 4.02. The van der Waals surface area contributed by atoms with Gasteiger partial charge < -0.3 is 10.6 Å². The Kier molecular flexibility index (Phi) is 5.03. The van der Waals surface area contributed by atoms with Crippen molar-refractivity contribution in [2.45, 2.75) is 12.0 Å². The summed E-state index contributed by atoms with van der Waals surface area (Å²) in [4.78, 5) is 15.5. The molecule has 0 bridgehead atoms. The molecular weight excluding hydrogens is 336 g/mol. The third kappa shape index (κ3) is 3.51. The number of aromatic nitrogens is 2. The van der Waals surface area contributed by atoms with Gasteiger partial charge in [0.1, 0.15) is 0 Å². The number of hydrogen-bond acceptors (Lipinski definition) is 3. The van der Waals surface area contributed by atoms with E-state index in [1.807, 2.05) is 65.7 Å². The maximum absolute atomic E-state index is 13.5. The molecule has 1 amide bonds. The van der Waals surface area contributed by atoms with Crippen LogP contribution in [0.5, 0.6) is 0 Å². The van der Waals surface area contributed by atoms with E-state index in [1.54, 1.807) is 10.9 Å². The summed E-state index contributed by atoms with van der Waals surface area (Å²) in [5, 5.41) is 4.35. The van der Waals surface area contributed by atoms with Crippen molar-refractivity contribution in [1.82, 2.24) is 14.7 Å². The minimum absolute atomic E-state index is 0.0711. The normalized spacial score (nSPS) is 20.6. The Balaban J connectivity index is 1.62. The molecule has 2 N–H and O–H groups in total. The van der Waals surface area contributed by atoms with Crippen molar-refractivity contribution in [3.05, 3.63) is 90.3 Å². The highest BCUT2D eigenvalue weighted by molar-refractivity contribution is 5.84. The quantitative estimate of drug-likeness (QED) is 0.761. The van der Waals surface area contributed by atoms with Crippen LogP contribution >= 0.6 is 0 Å². The fourth-order valence-corrected chi connectivity index (χ4v) is 4.02. The molecule has 0 spiro atoms. The molecule has 1 aliphatic heterocycles. The number of carbonyl (C=O) groups excluding carboxylic acids is 1. The summed E-state index contributed by atoms with van der Waals surface area (Å²) >= 11 is 0. The average molecular weight is 360 g/mol. The van der Waals surface area contributed by atoms with Crippen LogP contribution in [0.15, 0.2) is 79.1 Å². The van der Waals surface area contributed by atoms with Gasteiger partial charge in [-0.3, -0.25) is 9.48 Å². The molecule has 3 atom stereocenters. The Morgan fingerprint density at radius 1 is 1.04 bits per heavy atom. The Bertz CT molecular complexity index is 864. The monoisotopic (exact) mass is 360 g/mol. The highest BCUT2D eigenvalue weighted by atomic mass is 16.2. The number of rotatable bonds is 5. The van der Waals surface area contributed by atoms with Crippen molar-refractivity contribution < 1.29 is 4.79 Å². The van der Waals surface area contributed by atoms with Crippen LogP contribution in [0.25, 0.3) is 0 Å². The van der Waals surface area contributed by atoms with Crippen molar-refractivity contribution in [3.8, 4) is 0 Å². The van der Waals surface area contributed by atoms with Gasteiger partial charge in [0.25, 0.3) is 5.91 Å². The van der Waals surface area contributed by atoms with Gasteiger partial charge in [0.2, 0.25) is 0 Å². The van der Waals surface area contributed by atoms with E-state index in [9.17, 15) is 4.79 Å². The molecule has 1 unspecified atom stereocenters. The Morgan fingerprint density at radius 3 is 2.37 bits per heavy atom. The van der Waals surface area contributed by atoms with Crippen LogP contribution in [-0.4, -0.2) is 40.2 Å². The number of nitrogens with two attached hydrogens (primary N) is 1. The average Bonchev–Trinajstić information content (AvgIpc) is 3.40.